The summed E-state index contributed by atoms with van der Waals surface area (Å²) >= 11 is 0. The average Bonchev–Trinajstić information content (AvgIpc) is 3.18. The molecule has 1 unspecified atom stereocenters. The number of fused-ring (bicyclic) bond motifs is 1. The van der Waals surface area contributed by atoms with E-state index in [1.165, 1.54) is 44.3 Å². The summed E-state index contributed by atoms with van der Waals surface area (Å²) in [5, 5.41) is 3.59. The summed E-state index contributed by atoms with van der Waals surface area (Å²) < 4.78 is 2.45. The van der Waals surface area contributed by atoms with Gasteiger partial charge in [-0.25, -0.2) is 9.97 Å². The maximum absolute atomic E-state index is 4.88. The van der Waals surface area contributed by atoms with Gasteiger partial charge in [0.1, 0.15) is 11.3 Å². The van der Waals surface area contributed by atoms with Gasteiger partial charge in [0, 0.05) is 24.7 Å². The summed E-state index contributed by atoms with van der Waals surface area (Å²) in [7, 11) is 0. The van der Waals surface area contributed by atoms with E-state index in [1.54, 1.807) is 0 Å². The molecule has 1 saturated heterocycles. The molecule has 0 bridgehead atoms. The second kappa shape index (κ2) is 5.17. The van der Waals surface area contributed by atoms with Crippen LogP contribution in [0.1, 0.15) is 50.4 Å². The number of pyridine rings is 1. The SMILES string of the molecule is c1cnc2c(c1)nc(CC1CCCN1)n2C1CCCC1. The van der Waals surface area contributed by atoms with Crippen LogP contribution in [-0.4, -0.2) is 27.1 Å². The topological polar surface area (TPSA) is 42.7 Å². The first kappa shape index (κ1) is 12.3. The number of imidazole rings is 1. The first-order valence-electron chi connectivity index (χ1n) is 7.97. The summed E-state index contributed by atoms with van der Waals surface area (Å²) in [6.07, 6.45) is 10.8. The van der Waals surface area contributed by atoms with Gasteiger partial charge in [-0.15, -0.1) is 0 Å². The lowest BCUT2D eigenvalue weighted by molar-refractivity contribution is 0.485. The molecule has 2 aromatic heterocycles. The Morgan fingerprint density at radius 1 is 1.20 bits per heavy atom. The highest BCUT2D eigenvalue weighted by molar-refractivity contribution is 5.71. The highest BCUT2D eigenvalue weighted by Gasteiger charge is 2.25. The van der Waals surface area contributed by atoms with E-state index in [0.29, 0.717) is 12.1 Å². The molecule has 20 heavy (non-hydrogen) atoms. The van der Waals surface area contributed by atoms with E-state index >= 15 is 0 Å². The lowest BCUT2D eigenvalue weighted by Crippen LogP contribution is -2.26. The zero-order valence-corrected chi connectivity index (χ0v) is 11.9. The minimum atomic E-state index is 0.604. The van der Waals surface area contributed by atoms with Crippen LogP contribution in [0.4, 0.5) is 0 Å². The molecular formula is C16H22N4. The molecule has 2 aromatic rings. The standard InChI is InChI=1S/C16H22N4/c1-2-7-13(6-1)20-15(11-12-5-3-9-17-12)19-14-8-4-10-18-16(14)20/h4,8,10,12-13,17H,1-3,5-7,9,11H2. The lowest BCUT2D eigenvalue weighted by atomic mass is 10.1. The summed E-state index contributed by atoms with van der Waals surface area (Å²) in [6, 6.07) is 5.31. The van der Waals surface area contributed by atoms with Gasteiger partial charge in [-0.2, -0.15) is 0 Å². The van der Waals surface area contributed by atoms with Crippen molar-refractivity contribution in [2.45, 2.75) is 57.0 Å². The first-order chi connectivity index (χ1) is 9.92. The number of rotatable bonds is 3. The maximum Gasteiger partial charge on any atom is 0.160 e. The Bertz CT molecular complexity index is 592. The van der Waals surface area contributed by atoms with Gasteiger partial charge in [-0.05, 0) is 44.4 Å². The molecule has 0 radical (unpaired) electrons. The Hall–Kier alpha value is -1.42. The van der Waals surface area contributed by atoms with Crippen molar-refractivity contribution in [3.8, 4) is 0 Å². The van der Waals surface area contributed by atoms with Crippen molar-refractivity contribution in [3.05, 3.63) is 24.2 Å². The second-order valence-corrected chi connectivity index (χ2v) is 6.18. The molecular weight excluding hydrogens is 248 g/mol. The van der Waals surface area contributed by atoms with Gasteiger partial charge < -0.3 is 9.88 Å². The van der Waals surface area contributed by atoms with Gasteiger partial charge in [0.2, 0.25) is 0 Å². The smallest absolute Gasteiger partial charge is 0.160 e. The average molecular weight is 270 g/mol. The largest absolute Gasteiger partial charge is 0.314 e. The summed E-state index contributed by atoms with van der Waals surface area (Å²) in [6.45, 7) is 1.16. The molecule has 1 saturated carbocycles. The third-order valence-corrected chi connectivity index (χ3v) is 4.80. The van der Waals surface area contributed by atoms with Crippen LogP contribution in [-0.2, 0) is 6.42 Å². The molecule has 1 atom stereocenters. The molecule has 0 amide bonds. The quantitative estimate of drug-likeness (QED) is 0.932. The van der Waals surface area contributed by atoms with Crippen LogP contribution >= 0.6 is 0 Å². The maximum atomic E-state index is 4.88. The Labute approximate surface area is 119 Å². The summed E-state index contributed by atoms with van der Waals surface area (Å²) in [5.41, 5.74) is 2.15. The number of hydrogen-bond acceptors (Lipinski definition) is 3. The van der Waals surface area contributed by atoms with Crippen molar-refractivity contribution in [2.24, 2.45) is 0 Å². The fourth-order valence-corrected chi connectivity index (χ4v) is 3.82. The summed E-state index contributed by atoms with van der Waals surface area (Å²) in [4.78, 5) is 9.48. The number of hydrogen-bond donors (Lipinski definition) is 1. The van der Waals surface area contributed by atoms with Gasteiger partial charge >= 0.3 is 0 Å². The Morgan fingerprint density at radius 2 is 2.10 bits per heavy atom. The molecule has 106 valence electrons. The second-order valence-electron chi connectivity index (χ2n) is 6.18. The van der Waals surface area contributed by atoms with Crippen molar-refractivity contribution < 1.29 is 0 Å². The summed E-state index contributed by atoms with van der Waals surface area (Å²) in [5.74, 6) is 1.24. The zero-order chi connectivity index (χ0) is 13.4. The molecule has 4 heteroatoms. The van der Waals surface area contributed by atoms with Gasteiger partial charge in [-0.3, -0.25) is 0 Å². The molecule has 2 fully saturated rings. The van der Waals surface area contributed by atoms with E-state index in [2.05, 4.69) is 20.9 Å². The Kier molecular flexibility index (Phi) is 3.19. The van der Waals surface area contributed by atoms with Crippen LogP contribution in [0.25, 0.3) is 11.2 Å². The third kappa shape index (κ3) is 2.12. The predicted molar refractivity (Wildman–Crippen MR) is 79.8 cm³/mol. The minimum Gasteiger partial charge on any atom is -0.314 e. The fraction of sp³-hybridized carbons (Fsp3) is 0.625. The predicted octanol–water partition coefficient (Wildman–Crippen LogP) is 2.84. The Morgan fingerprint density at radius 3 is 2.90 bits per heavy atom. The van der Waals surface area contributed by atoms with E-state index in [9.17, 15) is 0 Å². The minimum absolute atomic E-state index is 0.604. The van der Waals surface area contributed by atoms with Crippen LogP contribution in [0.5, 0.6) is 0 Å². The lowest BCUT2D eigenvalue weighted by Gasteiger charge is -2.17. The molecule has 4 nitrogen and oxygen atoms in total. The molecule has 2 aliphatic rings. The number of nitrogens with zero attached hydrogens (tertiary/aromatic N) is 3. The van der Waals surface area contributed by atoms with Crippen molar-refractivity contribution in [2.75, 3.05) is 6.54 Å². The van der Waals surface area contributed by atoms with Crippen LogP contribution in [0.15, 0.2) is 18.3 Å². The van der Waals surface area contributed by atoms with Crippen LogP contribution < -0.4 is 5.32 Å². The van der Waals surface area contributed by atoms with Crippen molar-refractivity contribution >= 4 is 11.2 Å². The van der Waals surface area contributed by atoms with Crippen molar-refractivity contribution in [1.29, 1.82) is 0 Å². The third-order valence-electron chi connectivity index (χ3n) is 4.80. The van der Waals surface area contributed by atoms with E-state index in [-0.39, 0.29) is 0 Å². The van der Waals surface area contributed by atoms with E-state index in [1.807, 2.05) is 12.3 Å². The zero-order valence-electron chi connectivity index (χ0n) is 11.9. The van der Waals surface area contributed by atoms with E-state index in [0.717, 1.165) is 24.1 Å². The van der Waals surface area contributed by atoms with Gasteiger partial charge in [0.05, 0.1) is 0 Å². The highest BCUT2D eigenvalue weighted by atomic mass is 15.2. The molecule has 1 aliphatic carbocycles. The van der Waals surface area contributed by atoms with Crippen LogP contribution in [0.2, 0.25) is 0 Å². The molecule has 1 aliphatic heterocycles. The van der Waals surface area contributed by atoms with Gasteiger partial charge in [0.15, 0.2) is 5.65 Å². The molecule has 1 N–H and O–H groups in total. The van der Waals surface area contributed by atoms with Gasteiger partial charge in [0.25, 0.3) is 0 Å². The van der Waals surface area contributed by atoms with Crippen LogP contribution in [0.3, 0.4) is 0 Å². The molecule has 0 aromatic carbocycles. The number of nitrogens with one attached hydrogen (secondary N) is 1. The van der Waals surface area contributed by atoms with Crippen LogP contribution in [0, 0.1) is 0 Å². The fourth-order valence-electron chi connectivity index (χ4n) is 3.82. The Balaban J connectivity index is 1.74. The number of aromatic nitrogens is 3. The first-order valence-corrected chi connectivity index (χ1v) is 7.97. The monoisotopic (exact) mass is 270 g/mol. The highest BCUT2D eigenvalue weighted by Crippen LogP contribution is 2.33. The van der Waals surface area contributed by atoms with Gasteiger partial charge in [-0.1, -0.05) is 12.8 Å². The molecule has 4 rings (SSSR count). The molecule has 3 heterocycles. The van der Waals surface area contributed by atoms with E-state index < -0.39 is 0 Å². The molecule has 0 spiro atoms. The normalized spacial score (nSPS) is 23.9. The van der Waals surface area contributed by atoms with Crippen molar-refractivity contribution in [3.63, 3.8) is 0 Å². The van der Waals surface area contributed by atoms with E-state index in [4.69, 9.17) is 4.98 Å². The van der Waals surface area contributed by atoms with Crippen molar-refractivity contribution in [1.82, 2.24) is 19.9 Å².